The molecule has 2 rings (SSSR count). The van der Waals surface area contributed by atoms with Crippen molar-refractivity contribution in [1.82, 2.24) is 5.16 Å². The number of nitrogens with zero attached hydrogens (tertiary/aromatic N) is 1. The van der Waals surface area contributed by atoms with Gasteiger partial charge in [0.25, 0.3) is 0 Å². The molecule has 2 atom stereocenters. The van der Waals surface area contributed by atoms with Crippen molar-refractivity contribution in [2.75, 3.05) is 0 Å². The maximum Gasteiger partial charge on any atom is 0.221 e. The van der Waals surface area contributed by atoms with Crippen molar-refractivity contribution in [3.63, 3.8) is 0 Å². The summed E-state index contributed by atoms with van der Waals surface area (Å²) >= 11 is 6.18. The van der Waals surface area contributed by atoms with Crippen molar-refractivity contribution in [3.8, 4) is 11.3 Å². The lowest BCUT2D eigenvalue weighted by molar-refractivity contribution is -0.128. The van der Waals surface area contributed by atoms with E-state index in [0.29, 0.717) is 22.9 Å². The molecule has 0 aliphatic carbocycles. The number of hydrogen-bond acceptors (Lipinski definition) is 4. The summed E-state index contributed by atoms with van der Waals surface area (Å²) in [4.78, 5) is 23.0. The highest BCUT2D eigenvalue weighted by Gasteiger charge is 2.29. The zero-order valence-corrected chi connectivity index (χ0v) is 14.8. The van der Waals surface area contributed by atoms with E-state index in [-0.39, 0.29) is 12.3 Å². The minimum Gasteiger partial charge on any atom is -0.370 e. The minimum absolute atomic E-state index is 0.0640. The number of benzene rings is 1. The molecule has 2 unspecified atom stereocenters. The van der Waals surface area contributed by atoms with Crippen LogP contribution in [0.2, 0.25) is 5.02 Å². The van der Waals surface area contributed by atoms with E-state index in [2.05, 4.69) is 5.16 Å². The number of amides is 2. The monoisotopic (exact) mass is 363 g/mol. The average Bonchev–Trinajstić information content (AvgIpc) is 3.00. The Kier molecular flexibility index (Phi) is 6.58. The van der Waals surface area contributed by atoms with E-state index in [0.717, 1.165) is 18.4 Å². The van der Waals surface area contributed by atoms with Crippen LogP contribution in [0.4, 0.5) is 0 Å². The Hall–Kier alpha value is -2.34. The van der Waals surface area contributed by atoms with Gasteiger partial charge in [-0.1, -0.05) is 48.3 Å². The summed E-state index contributed by atoms with van der Waals surface area (Å²) < 4.78 is 5.41. The molecule has 0 aliphatic heterocycles. The molecule has 0 bridgehead atoms. The van der Waals surface area contributed by atoms with Gasteiger partial charge in [-0.2, -0.15) is 0 Å². The number of aromatic nitrogens is 1. The highest BCUT2D eigenvalue weighted by atomic mass is 35.5. The Labute approximate surface area is 151 Å². The summed E-state index contributed by atoms with van der Waals surface area (Å²) in [6, 6.07) is 9.14. The van der Waals surface area contributed by atoms with Gasteiger partial charge in [0.15, 0.2) is 0 Å². The van der Waals surface area contributed by atoms with Gasteiger partial charge in [-0.15, -0.1) is 0 Å². The van der Waals surface area contributed by atoms with Gasteiger partial charge in [0.1, 0.15) is 11.5 Å². The number of carbonyl (C=O) groups excluding carboxylic acids is 2. The Morgan fingerprint density at radius 1 is 1.28 bits per heavy atom. The van der Waals surface area contributed by atoms with Crippen molar-refractivity contribution < 1.29 is 14.1 Å². The molecule has 1 aromatic heterocycles. The summed E-state index contributed by atoms with van der Waals surface area (Å²) in [5, 5.41) is 4.64. The van der Waals surface area contributed by atoms with Crippen LogP contribution in [-0.2, 0) is 16.0 Å². The number of rotatable bonds is 9. The third-order valence-corrected chi connectivity index (χ3v) is 4.52. The van der Waals surface area contributed by atoms with E-state index in [1.165, 1.54) is 0 Å². The van der Waals surface area contributed by atoms with Crippen molar-refractivity contribution >= 4 is 23.4 Å². The number of halogens is 1. The van der Waals surface area contributed by atoms with Crippen LogP contribution in [0.3, 0.4) is 0 Å². The lowest BCUT2D eigenvalue weighted by Gasteiger charge is -2.22. The Bertz CT molecular complexity index is 745. The molecule has 7 heteroatoms. The molecule has 0 saturated heterocycles. The van der Waals surface area contributed by atoms with Crippen LogP contribution in [0.15, 0.2) is 34.9 Å². The third-order valence-electron chi connectivity index (χ3n) is 4.19. The molecule has 0 saturated carbocycles. The zero-order chi connectivity index (χ0) is 18.4. The van der Waals surface area contributed by atoms with Gasteiger partial charge in [-0.3, -0.25) is 9.59 Å². The fraction of sp³-hybridized carbons (Fsp3) is 0.389. The summed E-state index contributed by atoms with van der Waals surface area (Å²) in [7, 11) is 0. The third kappa shape index (κ3) is 5.06. The van der Waals surface area contributed by atoms with Crippen LogP contribution < -0.4 is 11.5 Å². The Balaban J connectivity index is 2.21. The molecule has 4 N–H and O–H groups in total. The first-order valence-electron chi connectivity index (χ1n) is 8.20. The normalized spacial score (nSPS) is 13.4. The largest absolute Gasteiger partial charge is 0.370 e. The SMILES string of the molecule is CCCC(Cc1cc(-c2ccccc2Cl)no1)C(CC(N)=O)C(N)=O. The van der Waals surface area contributed by atoms with Gasteiger partial charge in [0.2, 0.25) is 11.8 Å². The van der Waals surface area contributed by atoms with E-state index >= 15 is 0 Å². The first-order chi connectivity index (χ1) is 11.9. The van der Waals surface area contributed by atoms with Gasteiger partial charge >= 0.3 is 0 Å². The lowest BCUT2D eigenvalue weighted by Crippen LogP contribution is -2.34. The average molecular weight is 364 g/mol. The molecule has 1 heterocycles. The van der Waals surface area contributed by atoms with E-state index in [9.17, 15) is 9.59 Å². The Morgan fingerprint density at radius 2 is 2.00 bits per heavy atom. The van der Waals surface area contributed by atoms with Crippen molar-refractivity contribution in [2.24, 2.45) is 23.3 Å². The molecule has 2 aromatic rings. The number of hydrogen-bond donors (Lipinski definition) is 2. The van der Waals surface area contributed by atoms with E-state index in [1.54, 1.807) is 12.1 Å². The van der Waals surface area contributed by atoms with Gasteiger partial charge in [0, 0.05) is 30.4 Å². The molecule has 25 heavy (non-hydrogen) atoms. The number of nitrogens with two attached hydrogens (primary N) is 2. The van der Waals surface area contributed by atoms with Gasteiger partial charge in [0.05, 0.1) is 5.02 Å². The number of primary amides is 2. The fourth-order valence-electron chi connectivity index (χ4n) is 3.00. The summed E-state index contributed by atoms with van der Waals surface area (Å²) in [5.41, 5.74) is 12.1. The molecule has 1 aromatic carbocycles. The summed E-state index contributed by atoms with van der Waals surface area (Å²) in [6.45, 7) is 2.00. The van der Waals surface area contributed by atoms with Crippen LogP contribution in [-0.4, -0.2) is 17.0 Å². The van der Waals surface area contributed by atoms with E-state index in [4.69, 9.17) is 27.6 Å². The second kappa shape index (κ2) is 8.67. The maximum absolute atomic E-state index is 11.8. The van der Waals surface area contributed by atoms with E-state index in [1.807, 2.05) is 25.1 Å². The fourth-order valence-corrected chi connectivity index (χ4v) is 3.23. The molecule has 0 fully saturated rings. The van der Waals surface area contributed by atoms with Crippen LogP contribution in [0.1, 0.15) is 31.9 Å². The van der Waals surface area contributed by atoms with Crippen molar-refractivity contribution in [2.45, 2.75) is 32.6 Å². The molecular formula is C18H22ClN3O3. The number of carbonyl (C=O) groups is 2. The minimum atomic E-state index is -0.619. The molecule has 0 radical (unpaired) electrons. The van der Waals surface area contributed by atoms with Gasteiger partial charge < -0.3 is 16.0 Å². The Morgan fingerprint density at radius 3 is 2.60 bits per heavy atom. The van der Waals surface area contributed by atoms with Gasteiger partial charge in [-0.05, 0) is 18.4 Å². The standard InChI is InChI=1S/C18H22ClN3O3/c1-2-5-11(14(18(21)24)10-17(20)23)8-12-9-16(22-25-12)13-6-3-4-7-15(13)19/h3-4,6-7,9,11,14H,2,5,8,10H2,1H3,(H2,20,23)(H2,21,24). The smallest absolute Gasteiger partial charge is 0.221 e. The molecular weight excluding hydrogens is 342 g/mol. The van der Waals surface area contributed by atoms with Crippen LogP contribution in [0, 0.1) is 11.8 Å². The first kappa shape index (κ1) is 19.0. The lowest BCUT2D eigenvalue weighted by atomic mass is 9.82. The predicted molar refractivity (Wildman–Crippen MR) is 95.5 cm³/mol. The van der Waals surface area contributed by atoms with Gasteiger partial charge in [-0.25, -0.2) is 0 Å². The predicted octanol–water partition coefficient (Wildman–Crippen LogP) is 2.93. The topological polar surface area (TPSA) is 112 Å². The van der Waals surface area contributed by atoms with Crippen molar-refractivity contribution in [3.05, 3.63) is 41.1 Å². The molecule has 0 spiro atoms. The zero-order valence-electron chi connectivity index (χ0n) is 14.1. The molecule has 134 valence electrons. The van der Waals surface area contributed by atoms with Crippen LogP contribution >= 0.6 is 11.6 Å². The van der Waals surface area contributed by atoms with E-state index < -0.39 is 17.7 Å². The highest BCUT2D eigenvalue weighted by Crippen LogP contribution is 2.30. The molecule has 0 aliphatic rings. The summed E-state index contributed by atoms with van der Waals surface area (Å²) in [6.07, 6.45) is 1.96. The van der Waals surface area contributed by atoms with Crippen LogP contribution in [0.5, 0.6) is 0 Å². The molecule has 2 amide bonds. The second-order valence-corrected chi connectivity index (χ2v) is 6.50. The van der Waals surface area contributed by atoms with Crippen molar-refractivity contribution in [1.29, 1.82) is 0 Å². The quantitative estimate of drug-likeness (QED) is 0.713. The summed E-state index contributed by atoms with van der Waals surface area (Å²) in [5.74, 6) is -1.21. The van der Waals surface area contributed by atoms with Crippen LogP contribution in [0.25, 0.3) is 11.3 Å². The second-order valence-electron chi connectivity index (χ2n) is 6.09. The maximum atomic E-state index is 11.8. The molecule has 6 nitrogen and oxygen atoms in total. The first-order valence-corrected chi connectivity index (χ1v) is 8.58. The highest BCUT2D eigenvalue weighted by molar-refractivity contribution is 6.33.